The molecule has 2 aromatic rings. The zero-order chi connectivity index (χ0) is 14.0. The van der Waals surface area contributed by atoms with Gasteiger partial charge in [-0.15, -0.1) is 0 Å². The molecule has 0 aliphatic heterocycles. The zero-order valence-electron chi connectivity index (χ0n) is 11.8. The van der Waals surface area contributed by atoms with Crippen molar-refractivity contribution in [2.45, 2.75) is 32.7 Å². The van der Waals surface area contributed by atoms with E-state index in [1.165, 1.54) is 0 Å². The topological polar surface area (TPSA) is 61.3 Å². The fourth-order valence-corrected chi connectivity index (χ4v) is 1.97. The number of hydrogen-bond acceptors (Lipinski definition) is 4. The lowest BCUT2D eigenvalue weighted by atomic mass is 9.99. The van der Waals surface area contributed by atoms with Crippen LogP contribution in [0.1, 0.15) is 44.2 Å². The molecule has 1 atom stereocenters. The molecule has 2 N–H and O–H groups in total. The summed E-state index contributed by atoms with van der Waals surface area (Å²) in [6, 6.07) is 5.81. The van der Waals surface area contributed by atoms with E-state index in [4.69, 9.17) is 14.9 Å². The van der Waals surface area contributed by atoms with Crippen LogP contribution < -0.4 is 10.5 Å². The fourth-order valence-electron chi connectivity index (χ4n) is 1.97. The molecule has 0 saturated heterocycles. The van der Waals surface area contributed by atoms with E-state index in [2.05, 4.69) is 24.9 Å². The highest BCUT2D eigenvalue weighted by atomic mass is 16.5. The van der Waals surface area contributed by atoms with Crippen molar-refractivity contribution < 1.29 is 9.15 Å². The first-order valence-corrected chi connectivity index (χ1v) is 6.42. The Kier molecular flexibility index (Phi) is 3.90. The maximum Gasteiger partial charge on any atom is 0.211 e. The van der Waals surface area contributed by atoms with E-state index in [1.807, 2.05) is 19.1 Å². The third kappa shape index (κ3) is 2.79. The maximum absolute atomic E-state index is 5.75. The lowest BCUT2D eigenvalue weighted by Gasteiger charge is -2.12. The van der Waals surface area contributed by atoms with Crippen LogP contribution in [-0.2, 0) is 0 Å². The molecule has 4 nitrogen and oxygen atoms in total. The van der Waals surface area contributed by atoms with E-state index in [0.717, 1.165) is 22.6 Å². The third-order valence-corrected chi connectivity index (χ3v) is 3.05. The van der Waals surface area contributed by atoms with E-state index in [0.29, 0.717) is 11.8 Å². The van der Waals surface area contributed by atoms with Gasteiger partial charge in [-0.3, -0.25) is 0 Å². The number of rotatable bonds is 4. The van der Waals surface area contributed by atoms with Gasteiger partial charge in [-0.05, 0) is 36.6 Å². The molecule has 4 heteroatoms. The Balaban J connectivity index is 2.42. The SMILES string of the molecule is COc1ccc(-c2cnc(C(C)N)o2)cc1C(C)C. The Morgan fingerprint density at radius 2 is 2.00 bits per heavy atom. The second-order valence-corrected chi connectivity index (χ2v) is 4.96. The summed E-state index contributed by atoms with van der Waals surface area (Å²) >= 11 is 0. The first-order valence-electron chi connectivity index (χ1n) is 6.42. The minimum absolute atomic E-state index is 0.198. The van der Waals surface area contributed by atoms with E-state index in [-0.39, 0.29) is 6.04 Å². The van der Waals surface area contributed by atoms with Crippen molar-refractivity contribution in [3.05, 3.63) is 35.9 Å². The Labute approximate surface area is 113 Å². The highest BCUT2D eigenvalue weighted by molar-refractivity contribution is 5.60. The predicted molar refractivity (Wildman–Crippen MR) is 75.2 cm³/mol. The molecule has 1 heterocycles. The minimum Gasteiger partial charge on any atom is -0.496 e. The lowest BCUT2D eigenvalue weighted by Crippen LogP contribution is -2.04. The molecule has 0 fully saturated rings. The van der Waals surface area contributed by atoms with Crippen molar-refractivity contribution in [2.24, 2.45) is 5.73 Å². The zero-order valence-corrected chi connectivity index (χ0v) is 11.8. The minimum atomic E-state index is -0.198. The number of nitrogens with two attached hydrogens (primary N) is 1. The monoisotopic (exact) mass is 260 g/mol. The third-order valence-electron chi connectivity index (χ3n) is 3.05. The van der Waals surface area contributed by atoms with Gasteiger partial charge in [-0.2, -0.15) is 0 Å². The normalized spacial score (nSPS) is 12.7. The van der Waals surface area contributed by atoms with Crippen LogP contribution in [0.3, 0.4) is 0 Å². The standard InChI is InChI=1S/C15H20N2O2/c1-9(2)12-7-11(5-6-13(12)18-4)14-8-17-15(19-14)10(3)16/h5-10H,16H2,1-4H3. The summed E-state index contributed by atoms with van der Waals surface area (Å²) in [5.74, 6) is 2.56. The number of aromatic nitrogens is 1. The molecule has 0 radical (unpaired) electrons. The molecule has 1 unspecified atom stereocenters. The molecule has 1 aromatic carbocycles. The Morgan fingerprint density at radius 1 is 1.26 bits per heavy atom. The molecule has 19 heavy (non-hydrogen) atoms. The summed E-state index contributed by atoms with van der Waals surface area (Å²) in [7, 11) is 1.68. The van der Waals surface area contributed by atoms with Gasteiger partial charge >= 0.3 is 0 Å². The molecule has 0 amide bonds. The average Bonchev–Trinajstić information content (AvgIpc) is 2.87. The molecule has 0 aliphatic carbocycles. The second-order valence-electron chi connectivity index (χ2n) is 4.96. The van der Waals surface area contributed by atoms with Crippen molar-refractivity contribution >= 4 is 0 Å². The van der Waals surface area contributed by atoms with E-state index in [1.54, 1.807) is 13.3 Å². The largest absolute Gasteiger partial charge is 0.496 e. The van der Waals surface area contributed by atoms with Crippen molar-refractivity contribution in [1.29, 1.82) is 0 Å². The fraction of sp³-hybridized carbons (Fsp3) is 0.400. The summed E-state index contributed by atoms with van der Waals surface area (Å²) in [6.45, 7) is 6.12. The molecule has 0 saturated carbocycles. The predicted octanol–water partition coefficient (Wildman–Crippen LogP) is 3.49. The Morgan fingerprint density at radius 3 is 2.53 bits per heavy atom. The van der Waals surface area contributed by atoms with E-state index < -0.39 is 0 Å². The van der Waals surface area contributed by atoms with Gasteiger partial charge in [0.15, 0.2) is 5.76 Å². The molecule has 0 bridgehead atoms. The molecular weight excluding hydrogens is 240 g/mol. The number of oxazole rings is 1. The first kappa shape index (κ1) is 13.6. The Bertz CT molecular complexity index is 559. The molecule has 0 aliphatic rings. The van der Waals surface area contributed by atoms with Gasteiger partial charge in [0.25, 0.3) is 0 Å². The number of methoxy groups -OCH3 is 1. The van der Waals surface area contributed by atoms with Crippen LogP contribution in [0.4, 0.5) is 0 Å². The van der Waals surface area contributed by atoms with Crippen LogP contribution in [0, 0.1) is 0 Å². The summed E-state index contributed by atoms with van der Waals surface area (Å²) < 4.78 is 11.0. The van der Waals surface area contributed by atoms with Gasteiger partial charge in [0.1, 0.15) is 5.75 Å². The number of benzene rings is 1. The molecule has 0 spiro atoms. The van der Waals surface area contributed by atoms with Crippen LogP contribution in [0.25, 0.3) is 11.3 Å². The molecule has 102 valence electrons. The number of hydrogen-bond donors (Lipinski definition) is 1. The van der Waals surface area contributed by atoms with Crippen molar-refractivity contribution in [3.63, 3.8) is 0 Å². The smallest absolute Gasteiger partial charge is 0.211 e. The van der Waals surface area contributed by atoms with E-state index >= 15 is 0 Å². The van der Waals surface area contributed by atoms with Gasteiger partial charge in [-0.1, -0.05) is 13.8 Å². The van der Waals surface area contributed by atoms with Crippen molar-refractivity contribution in [1.82, 2.24) is 4.98 Å². The van der Waals surface area contributed by atoms with E-state index in [9.17, 15) is 0 Å². The number of ether oxygens (including phenoxy) is 1. The van der Waals surface area contributed by atoms with Gasteiger partial charge < -0.3 is 14.9 Å². The quantitative estimate of drug-likeness (QED) is 0.914. The Hall–Kier alpha value is -1.81. The van der Waals surface area contributed by atoms with Crippen LogP contribution >= 0.6 is 0 Å². The van der Waals surface area contributed by atoms with Gasteiger partial charge in [0.05, 0.1) is 19.3 Å². The average molecular weight is 260 g/mol. The molecule has 1 aromatic heterocycles. The molecule has 2 rings (SSSR count). The highest BCUT2D eigenvalue weighted by Crippen LogP contribution is 2.32. The summed E-state index contributed by atoms with van der Waals surface area (Å²) in [6.07, 6.45) is 1.71. The van der Waals surface area contributed by atoms with Crippen molar-refractivity contribution in [2.75, 3.05) is 7.11 Å². The second kappa shape index (κ2) is 5.45. The van der Waals surface area contributed by atoms with Crippen LogP contribution in [0.2, 0.25) is 0 Å². The van der Waals surface area contributed by atoms with Gasteiger partial charge in [-0.25, -0.2) is 4.98 Å². The molecular formula is C15H20N2O2. The lowest BCUT2D eigenvalue weighted by molar-refractivity contribution is 0.407. The van der Waals surface area contributed by atoms with Crippen molar-refractivity contribution in [3.8, 4) is 17.1 Å². The maximum atomic E-state index is 5.75. The van der Waals surface area contributed by atoms with Gasteiger partial charge in [0.2, 0.25) is 5.89 Å². The first-order chi connectivity index (χ1) is 9.02. The summed E-state index contributed by atoms with van der Waals surface area (Å²) in [5.41, 5.74) is 7.89. The number of nitrogens with zero attached hydrogens (tertiary/aromatic N) is 1. The van der Waals surface area contributed by atoms with Gasteiger partial charge in [0, 0.05) is 5.56 Å². The van der Waals surface area contributed by atoms with Crippen LogP contribution in [0.15, 0.2) is 28.8 Å². The highest BCUT2D eigenvalue weighted by Gasteiger charge is 2.13. The summed E-state index contributed by atoms with van der Waals surface area (Å²) in [5, 5.41) is 0. The van der Waals surface area contributed by atoms with Crippen LogP contribution in [-0.4, -0.2) is 12.1 Å². The summed E-state index contributed by atoms with van der Waals surface area (Å²) in [4.78, 5) is 4.19. The van der Waals surface area contributed by atoms with Crippen LogP contribution in [0.5, 0.6) is 5.75 Å².